The molecule has 0 saturated heterocycles. The minimum atomic E-state index is -0.853. The second-order valence-corrected chi connectivity index (χ2v) is 21.0. The van der Waals surface area contributed by atoms with E-state index in [1.54, 1.807) is 6.08 Å². The van der Waals surface area contributed by atoms with Gasteiger partial charge >= 0.3 is 5.97 Å². The van der Waals surface area contributed by atoms with Crippen molar-refractivity contribution in [3.8, 4) is 0 Å². The third-order valence-electron chi connectivity index (χ3n) is 14.2. The molecule has 0 aromatic rings. The predicted molar refractivity (Wildman–Crippen MR) is 296 cm³/mol. The summed E-state index contributed by atoms with van der Waals surface area (Å²) < 4.78 is 5.48. The zero-order chi connectivity index (χ0) is 49.3. The number of aliphatic hydroxyl groups excluding tert-OH is 2. The maximum atomic E-state index is 12.5. The van der Waals surface area contributed by atoms with E-state index in [0.717, 1.165) is 57.8 Å². The van der Waals surface area contributed by atoms with Gasteiger partial charge in [0, 0.05) is 12.8 Å². The van der Waals surface area contributed by atoms with Gasteiger partial charge in [-0.15, -0.1) is 0 Å². The van der Waals surface area contributed by atoms with E-state index < -0.39 is 12.1 Å². The van der Waals surface area contributed by atoms with E-state index in [0.29, 0.717) is 19.4 Å². The summed E-state index contributed by atoms with van der Waals surface area (Å²) in [6.45, 7) is 4.90. The fourth-order valence-electron chi connectivity index (χ4n) is 9.51. The summed E-state index contributed by atoms with van der Waals surface area (Å²) in [4.78, 5) is 24.6. The summed E-state index contributed by atoms with van der Waals surface area (Å²) in [6, 6.07) is -0.637. The minimum absolute atomic E-state index is 0.0101. The maximum absolute atomic E-state index is 12.5. The van der Waals surface area contributed by atoms with Gasteiger partial charge in [0.05, 0.1) is 25.4 Å². The number of amides is 1. The quantitative estimate of drug-likeness (QED) is 0.0321. The molecular weight excluding hydrogens is 839 g/mol. The van der Waals surface area contributed by atoms with E-state index in [1.165, 1.54) is 250 Å². The van der Waals surface area contributed by atoms with Crippen LogP contribution >= 0.6 is 0 Å². The lowest BCUT2D eigenvalue weighted by atomic mass is 10.0. The molecule has 1 amide bonds. The van der Waals surface area contributed by atoms with Crippen LogP contribution in [0.2, 0.25) is 0 Å². The highest BCUT2D eigenvalue weighted by Crippen LogP contribution is 2.17. The molecule has 0 saturated carbocycles. The van der Waals surface area contributed by atoms with Gasteiger partial charge < -0.3 is 20.3 Å². The van der Waals surface area contributed by atoms with Crippen molar-refractivity contribution in [2.45, 2.75) is 347 Å². The van der Waals surface area contributed by atoms with Crippen molar-refractivity contribution in [3.05, 3.63) is 24.3 Å². The molecule has 0 radical (unpaired) electrons. The third-order valence-corrected chi connectivity index (χ3v) is 14.2. The first kappa shape index (κ1) is 66.3. The first-order valence-corrected chi connectivity index (χ1v) is 30.6. The Kier molecular flexibility index (Phi) is 56.5. The van der Waals surface area contributed by atoms with E-state index >= 15 is 0 Å². The summed E-state index contributed by atoms with van der Waals surface area (Å²) in [7, 11) is 0. The van der Waals surface area contributed by atoms with Gasteiger partial charge in [0.25, 0.3) is 0 Å². The monoisotopic (exact) mass is 958 g/mol. The van der Waals surface area contributed by atoms with Crippen LogP contribution in [0.5, 0.6) is 0 Å². The summed E-state index contributed by atoms with van der Waals surface area (Å²) in [5, 5.41) is 23.2. The number of esters is 1. The number of nitrogens with one attached hydrogen (secondary N) is 1. The van der Waals surface area contributed by atoms with Crippen LogP contribution in [0.3, 0.4) is 0 Å². The molecule has 0 bridgehead atoms. The molecule has 0 spiro atoms. The first-order chi connectivity index (χ1) is 33.5. The Morgan fingerprint density at radius 3 is 1.04 bits per heavy atom. The Bertz CT molecular complexity index is 1060. The number of ether oxygens (including phenoxy) is 1. The van der Waals surface area contributed by atoms with Crippen LogP contribution in [-0.4, -0.2) is 47.4 Å². The van der Waals surface area contributed by atoms with Crippen molar-refractivity contribution < 1.29 is 24.5 Å². The number of hydrogen-bond donors (Lipinski definition) is 3. The van der Waals surface area contributed by atoms with Crippen LogP contribution in [0.15, 0.2) is 24.3 Å². The number of aliphatic hydroxyl groups is 2. The number of allylic oxidation sites excluding steroid dienone is 3. The van der Waals surface area contributed by atoms with Crippen molar-refractivity contribution in [1.82, 2.24) is 5.32 Å². The van der Waals surface area contributed by atoms with Gasteiger partial charge in [-0.3, -0.25) is 9.59 Å². The lowest BCUT2D eigenvalue weighted by Gasteiger charge is -2.20. The van der Waals surface area contributed by atoms with Gasteiger partial charge in [-0.05, 0) is 57.8 Å². The van der Waals surface area contributed by atoms with Crippen molar-refractivity contribution in [2.75, 3.05) is 13.2 Å². The Labute approximate surface area is 424 Å². The molecule has 0 rings (SSSR count). The lowest BCUT2D eigenvalue weighted by Crippen LogP contribution is -2.45. The topological polar surface area (TPSA) is 95.9 Å². The van der Waals surface area contributed by atoms with Crippen LogP contribution in [0.4, 0.5) is 0 Å². The van der Waals surface area contributed by atoms with Gasteiger partial charge in [0.1, 0.15) is 0 Å². The number of rotatable bonds is 57. The van der Waals surface area contributed by atoms with E-state index in [1.807, 2.05) is 6.08 Å². The summed E-state index contributed by atoms with van der Waals surface area (Å²) in [6.07, 6.45) is 70.6. The molecule has 0 aromatic heterocycles. The standard InChI is InChI=1S/C62H119NO5/c1-3-5-7-9-11-13-15-17-19-21-22-23-24-25-26-30-34-38-42-46-50-54-60(65)59(58-64)63-61(66)55-51-47-43-39-35-31-28-29-33-37-41-45-49-53-57-68-62(67)56-52-48-44-40-36-32-27-20-18-16-14-12-10-8-6-4-2/h20,27,50,54,59-60,64-65H,3-19,21-26,28-49,51-53,55-58H2,1-2H3,(H,63,66)/b27-20-,54-50+. The van der Waals surface area contributed by atoms with Crippen molar-refractivity contribution in [2.24, 2.45) is 0 Å². The van der Waals surface area contributed by atoms with E-state index in [-0.39, 0.29) is 18.5 Å². The fraction of sp³-hybridized carbons (Fsp3) is 0.903. The summed E-state index contributed by atoms with van der Waals surface area (Å²) >= 11 is 0. The average molecular weight is 959 g/mol. The fourth-order valence-corrected chi connectivity index (χ4v) is 9.51. The maximum Gasteiger partial charge on any atom is 0.305 e. The van der Waals surface area contributed by atoms with Gasteiger partial charge in [-0.1, -0.05) is 289 Å². The Morgan fingerprint density at radius 2 is 0.691 bits per heavy atom. The molecule has 0 aromatic carbocycles. The van der Waals surface area contributed by atoms with Crippen LogP contribution in [0.25, 0.3) is 0 Å². The molecule has 0 aliphatic rings. The Hall–Kier alpha value is -1.66. The summed E-state index contributed by atoms with van der Waals surface area (Å²) in [5.41, 5.74) is 0. The van der Waals surface area contributed by atoms with Gasteiger partial charge in [-0.2, -0.15) is 0 Å². The molecule has 0 aliphatic carbocycles. The molecule has 3 N–H and O–H groups in total. The molecule has 0 fully saturated rings. The molecule has 2 unspecified atom stereocenters. The molecule has 6 nitrogen and oxygen atoms in total. The molecule has 2 atom stereocenters. The molecular formula is C62H119NO5. The largest absolute Gasteiger partial charge is 0.466 e. The highest BCUT2D eigenvalue weighted by Gasteiger charge is 2.18. The van der Waals surface area contributed by atoms with Crippen molar-refractivity contribution in [1.29, 1.82) is 0 Å². The molecule has 0 aliphatic heterocycles. The third kappa shape index (κ3) is 53.7. The van der Waals surface area contributed by atoms with Crippen LogP contribution in [-0.2, 0) is 14.3 Å². The zero-order valence-electron chi connectivity index (χ0n) is 45.9. The van der Waals surface area contributed by atoms with E-state index in [9.17, 15) is 19.8 Å². The zero-order valence-corrected chi connectivity index (χ0v) is 45.9. The SMILES string of the molecule is CCCCCCCCC/C=C\CCCCCCCC(=O)OCCCCCCCCCCCCCCCCC(=O)NC(CO)C(O)/C=C/CCCCCCCCCCCCCCCCCCCCC. The predicted octanol–water partition coefficient (Wildman–Crippen LogP) is 19.0. The highest BCUT2D eigenvalue weighted by atomic mass is 16.5. The lowest BCUT2D eigenvalue weighted by molar-refractivity contribution is -0.143. The number of hydrogen-bond acceptors (Lipinski definition) is 5. The molecule has 68 heavy (non-hydrogen) atoms. The van der Waals surface area contributed by atoms with Gasteiger partial charge in [0.15, 0.2) is 0 Å². The average Bonchev–Trinajstić information content (AvgIpc) is 3.34. The molecule has 402 valence electrons. The number of carbonyl (C=O) groups excluding carboxylic acids is 2. The van der Waals surface area contributed by atoms with Crippen LogP contribution < -0.4 is 5.32 Å². The highest BCUT2D eigenvalue weighted by molar-refractivity contribution is 5.76. The first-order valence-electron chi connectivity index (χ1n) is 30.6. The smallest absolute Gasteiger partial charge is 0.305 e. The Morgan fingerprint density at radius 1 is 0.397 bits per heavy atom. The second kappa shape index (κ2) is 57.9. The van der Waals surface area contributed by atoms with Crippen molar-refractivity contribution >= 4 is 11.9 Å². The Balaban J connectivity index is 3.47. The van der Waals surface area contributed by atoms with Gasteiger partial charge in [-0.25, -0.2) is 0 Å². The van der Waals surface area contributed by atoms with E-state index in [2.05, 4.69) is 31.3 Å². The minimum Gasteiger partial charge on any atom is -0.466 e. The van der Waals surface area contributed by atoms with Crippen LogP contribution in [0, 0.1) is 0 Å². The second-order valence-electron chi connectivity index (χ2n) is 21.0. The van der Waals surface area contributed by atoms with Crippen LogP contribution in [0.1, 0.15) is 335 Å². The number of carbonyl (C=O) groups is 2. The molecule has 6 heteroatoms. The van der Waals surface area contributed by atoms with E-state index in [4.69, 9.17) is 4.74 Å². The normalized spacial score (nSPS) is 12.7. The van der Waals surface area contributed by atoms with Gasteiger partial charge in [0.2, 0.25) is 5.91 Å². The van der Waals surface area contributed by atoms with Crippen molar-refractivity contribution in [3.63, 3.8) is 0 Å². The number of unbranched alkanes of at least 4 members (excludes halogenated alkanes) is 44. The molecule has 0 heterocycles. The summed E-state index contributed by atoms with van der Waals surface area (Å²) in [5.74, 6) is -0.0859.